The van der Waals surface area contributed by atoms with Crippen LogP contribution in [-0.2, 0) is 40.7 Å². The van der Waals surface area contributed by atoms with E-state index >= 15 is 0 Å². The molecule has 0 saturated carbocycles. The van der Waals surface area contributed by atoms with Gasteiger partial charge in [0.2, 0.25) is 0 Å². The van der Waals surface area contributed by atoms with E-state index in [2.05, 4.69) is 26.4 Å². The average molecular weight is 493 g/mol. The molecule has 10 nitrogen and oxygen atoms in total. The molecule has 2 aromatic heterocycles. The van der Waals surface area contributed by atoms with E-state index in [9.17, 15) is 18.2 Å². The number of urea groups is 1. The highest BCUT2D eigenvalue weighted by Gasteiger charge is 2.31. The van der Waals surface area contributed by atoms with Crippen LogP contribution in [0.3, 0.4) is 0 Å². The molecule has 0 saturated heterocycles. The van der Waals surface area contributed by atoms with E-state index in [4.69, 9.17) is 9.72 Å². The molecule has 0 spiro atoms. The molecule has 0 aliphatic heterocycles. The van der Waals surface area contributed by atoms with Crippen LogP contribution in [0.1, 0.15) is 69.0 Å². The lowest BCUT2D eigenvalue weighted by Crippen LogP contribution is -2.36. The van der Waals surface area contributed by atoms with Crippen LogP contribution in [0.4, 0.5) is 19.7 Å². The summed E-state index contributed by atoms with van der Waals surface area (Å²) >= 11 is 0. The molecule has 0 bridgehead atoms. The number of nitrogens with zero attached hydrogens (tertiary/aromatic N) is 4. The molecule has 184 valence electrons. The first-order chi connectivity index (χ1) is 16.0. The van der Waals surface area contributed by atoms with Gasteiger partial charge in [0, 0.05) is 17.6 Å². The molecule has 3 amide bonds. The lowest BCUT2D eigenvalue weighted by atomic mass is 10.0. The summed E-state index contributed by atoms with van der Waals surface area (Å²) in [5.41, 5.74) is 3.73. The lowest BCUT2D eigenvalue weighted by molar-refractivity contribution is 0.0607. The van der Waals surface area contributed by atoms with Crippen molar-refractivity contribution < 1.29 is 22.9 Å². The van der Waals surface area contributed by atoms with Crippen LogP contribution in [-0.4, -0.2) is 36.7 Å². The molecule has 2 heterocycles. The molecule has 2 N–H and O–H groups in total. The van der Waals surface area contributed by atoms with E-state index in [1.54, 1.807) is 20.8 Å². The zero-order valence-corrected chi connectivity index (χ0v) is 20.5. The fraction of sp³-hybridized carbons (Fsp3) is 0.545. The minimum absolute atomic E-state index is 0.259. The van der Waals surface area contributed by atoms with Crippen molar-refractivity contribution in [2.24, 2.45) is 4.36 Å². The Labute approximate surface area is 198 Å². The maximum atomic E-state index is 13.7. The molecule has 1 unspecified atom stereocenters. The van der Waals surface area contributed by atoms with Crippen LogP contribution in [0, 0.1) is 0 Å². The highest BCUT2D eigenvalue weighted by atomic mass is 32.2. The number of aromatic nitrogens is 3. The Bertz CT molecular complexity index is 1260. The summed E-state index contributed by atoms with van der Waals surface area (Å²) in [6.45, 7) is 6.03. The van der Waals surface area contributed by atoms with Gasteiger partial charge in [0.15, 0.2) is 21.7 Å². The maximum Gasteiger partial charge on any atom is 0.444 e. The molecular weight excluding hydrogens is 463 g/mol. The number of carbonyl (C=O) groups is 2. The largest absolute Gasteiger partial charge is 0.444 e. The molecule has 2 aliphatic carbocycles. The normalized spacial score (nSPS) is 18.6. The summed E-state index contributed by atoms with van der Waals surface area (Å²) in [4.78, 5) is 30.3. The van der Waals surface area contributed by atoms with E-state index in [1.807, 2.05) is 0 Å². The van der Waals surface area contributed by atoms with E-state index in [-0.39, 0.29) is 5.03 Å². The van der Waals surface area contributed by atoms with E-state index in [1.165, 1.54) is 12.3 Å². The van der Waals surface area contributed by atoms with Crippen LogP contribution in [0.5, 0.6) is 0 Å². The third kappa shape index (κ3) is 4.91. The van der Waals surface area contributed by atoms with Crippen LogP contribution >= 0.6 is 0 Å². The second-order valence-corrected chi connectivity index (χ2v) is 11.4. The SMILES string of the molecule is C[C@@H]1CCc2c1nc1c(c2NC(=O)NS(=O)(=NC(=O)OC(C)(C)C)c2ccn(CF)n2)CCC1. The third-order valence-electron chi connectivity index (χ3n) is 5.74. The number of hydrogen-bond donors (Lipinski definition) is 2. The van der Waals surface area contributed by atoms with Crippen LogP contribution in [0.2, 0.25) is 0 Å². The first kappa shape index (κ1) is 24.1. The molecular formula is C22H29FN6O4S. The predicted octanol–water partition coefficient (Wildman–Crippen LogP) is 4.24. The van der Waals surface area contributed by atoms with E-state index in [0.717, 1.165) is 59.3 Å². The number of anilines is 1. The fourth-order valence-corrected chi connectivity index (χ4v) is 5.54. The topological polar surface area (TPSA) is 128 Å². The minimum atomic E-state index is -3.91. The van der Waals surface area contributed by atoms with E-state index < -0.39 is 34.4 Å². The van der Waals surface area contributed by atoms with Crippen molar-refractivity contribution in [2.75, 3.05) is 5.32 Å². The average Bonchev–Trinajstić information content (AvgIpc) is 3.46. The second-order valence-electron chi connectivity index (χ2n) is 9.54. The second kappa shape index (κ2) is 8.97. The standard InChI is InChI=1S/C22H29FN6O4S/c1-13-8-9-15-18(13)24-16-7-5-6-14(16)19(15)25-20(30)27-34(32,17-10-11-29(12-23)26-17)28-21(31)33-22(2,3)4/h10-11,13H,5-9,12H2,1-4H3,(H2,24,25,27,28,30,31,32)/t13-,34?/m1/s1. The Morgan fingerprint density at radius 1 is 1.29 bits per heavy atom. The van der Waals surface area contributed by atoms with Crippen LogP contribution < -0.4 is 10.0 Å². The van der Waals surface area contributed by atoms with Gasteiger partial charge in [-0.1, -0.05) is 11.3 Å². The number of alkyl halides is 1. The van der Waals surface area contributed by atoms with Gasteiger partial charge in [0.25, 0.3) is 0 Å². The maximum absolute atomic E-state index is 13.7. The van der Waals surface area contributed by atoms with Crippen molar-refractivity contribution in [3.8, 4) is 0 Å². The summed E-state index contributed by atoms with van der Waals surface area (Å²) in [5.74, 6) is 0.292. The zero-order valence-electron chi connectivity index (χ0n) is 19.7. The van der Waals surface area contributed by atoms with Gasteiger partial charge < -0.3 is 10.1 Å². The summed E-state index contributed by atoms with van der Waals surface area (Å²) in [7, 11) is -3.91. The van der Waals surface area contributed by atoms with Gasteiger partial charge in [0.05, 0.1) is 5.69 Å². The Morgan fingerprint density at radius 2 is 2.06 bits per heavy atom. The summed E-state index contributed by atoms with van der Waals surface area (Å²) < 4.78 is 38.7. The Kier molecular flexibility index (Phi) is 6.36. The number of nitrogens with one attached hydrogen (secondary N) is 2. The molecule has 0 radical (unpaired) electrons. The number of fused-ring (bicyclic) bond motifs is 2. The Morgan fingerprint density at radius 3 is 2.74 bits per heavy atom. The fourth-order valence-electron chi connectivity index (χ4n) is 4.28. The van der Waals surface area contributed by atoms with Gasteiger partial charge in [-0.2, -0.15) is 5.10 Å². The molecule has 2 aliphatic rings. The smallest absolute Gasteiger partial charge is 0.442 e. The third-order valence-corrected chi connectivity index (χ3v) is 7.39. The molecule has 12 heteroatoms. The van der Waals surface area contributed by atoms with Crippen molar-refractivity contribution in [1.29, 1.82) is 0 Å². The van der Waals surface area contributed by atoms with E-state index in [0.29, 0.717) is 11.6 Å². The lowest BCUT2D eigenvalue weighted by Gasteiger charge is -2.19. The number of hydrogen-bond acceptors (Lipinski definition) is 6. The Hall–Kier alpha value is -3.02. The minimum Gasteiger partial charge on any atom is -0.442 e. The molecule has 0 aromatic carbocycles. The zero-order chi connectivity index (χ0) is 24.7. The number of rotatable bonds is 4. The molecule has 2 aromatic rings. The van der Waals surface area contributed by atoms with Gasteiger partial charge in [-0.25, -0.2) is 27.6 Å². The highest BCUT2D eigenvalue weighted by Crippen LogP contribution is 2.41. The highest BCUT2D eigenvalue weighted by molar-refractivity contribution is 7.92. The number of carbonyl (C=O) groups excluding carboxylic acids is 2. The van der Waals surface area contributed by atoms with Crippen LogP contribution in [0.15, 0.2) is 21.7 Å². The van der Waals surface area contributed by atoms with Crippen molar-refractivity contribution in [3.63, 3.8) is 0 Å². The molecule has 34 heavy (non-hydrogen) atoms. The number of amides is 3. The molecule has 4 rings (SSSR count). The first-order valence-electron chi connectivity index (χ1n) is 11.2. The van der Waals surface area contributed by atoms with Gasteiger partial charge in [0.1, 0.15) is 5.60 Å². The van der Waals surface area contributed by atoms with Gasteiger partial charge in [-0.3, -0.25) is 4.98 Å². The number of pyridine rings is 1. The number of ether oxygens (including phenoxy) is 1. The number of halogens is 1. The van der Waals surface area contributed by atoms with Crippen molar-refractivity contribution in [1.82, 2.24) is 19.5 Å². The molecule has 0 fully saturated rings. The summed E-state index contributed by atoms with van der Waals surface area (Å²) in [6.07, 6.45) is 4.41. The summed E-state index contributed by atoms with van der Waals surface area (Å²) in [5, 5.41) is 6.43. The van der Waals surface area contributed by atoms with Gasteiger partial charge in [-0.15, -0.1) is 0 Å². The number of aryl methyl sites for hydroxylation is 1. The quantitative estimate of drug-likeness (QED) is 0.657. The predicted molar refractivity (Wildman–Crippen MR) is 124 cm³/mol. The van der Waals surface area contributed by atoms with Crippen molar-refractivity contribution in [2.45, 2.75) is 83.1 Å². The van der Waals surface area contributed by atoms with Crippen molar-refractivity contribution in [3.05, 3.63) is 34.8 Å². The van der Waals surface area contributed by atoms with Gasteiger partial charge >= 0.3 is 12.1 Å². The van der Waals surface area contributed by atoms with Crippen LogP contribution in [0.25, 0.3) is 0 Å². The first-order valence-corrected chi connectivity index (χ1v) is 12.7. The van der Waals surface area contributed by atoms with Gasteiger partial charge in [-0.05, 0) is 76.0 Å². The Balaban J connectivity index is 1.67. The summed E-state index contributed by atoms with van der Waals surface area (Å²) in [6, 6.07) is 0.425. The van der Waals surface area contributed by atoms with Crippen molar-refractivity contribution >= 4 is 27.7 Å². The molecule has 2 atom stereocenters. The monoisotopic (exact) mass is 492 g/mol.